The lowest BCUT2D eigenvalue weighted by atomic mass is 10.1. The number of sulfonamides is 1. The van der Waals surface area contributed by atoms with Gasteiger partial charge in [0.15, 0.2) is 0 Å². The molecule has 0 aliphatic rings. The van der Waals surface area contributed by atoms with Crippen LogP contribution in [-0.4, -0.2) is 27.9 Å². The van der Waals surface area contributed by atoms with Crippen molar-refractivity contribution in [3.05, 3.63) is 65.2 Å². The SMILES string of the molecule is CCCc1ccc(S(=O)(=O)NCCc2cccc(C(=O)NC)c2)cc1. The number of nitrogens with one attached hydrogen (secondary N) is 2. The Balaban J connectivity index is 1.97. The second-order valence-corrected chi connectivity index (χ2v) is 7.59. The van der Waals surface area contributed by atoms with E-state index in [0.29, 0.717) is 12.0 Å². The third-order valence-electron chi connectivity index (χ3n) is 3.89. The lowest BCUT2D eigenvalue weighted by Gasteiger charge is -2.08. The smallest absolute Gasteiger partial charge is 0.251 e. The van der Waals surface area contributed by atoms with Crippen LogP contribution in [0.1, 0.15) is 34.8 Å². The van der Waals surface area contributed by atoms with E-state index < -0.39 is 10.0 Å². The Bertz CT molecular complexity index is 815. The number of rotatable bonds is 8. The van der Waals surface area contributed by atoms with Gasteiger partial charge in [0.1, 0.15) is 0 Å². The molecule has 0 spiro atoms. The number of carbonyl (C=O) groups is 1. The summed E-state index contributed by atoms with van der Waals surface area (Å²) in [6.07, 6.45) is 2.48. The van der Waals surface area contributed by atoms with Crippen molar-refractivity contribution in [1.82, 2.24) is 10.0 Å². The number of hydrogen-bond acceptors (Lipinski definition) is 3. The highest BCUT2D eigenvalue weighted by atomic mass is 32.2. The molecule has 0 bridgehead atoms. The number of amides is 1. The number of carbonyl (C=O) groups excluding carboxylic acids is 1. The maximum Gasteiger partial charge on any atom is 0.251 e. The monoisotopic (exact) mass is 360 g/mol. The second-order valence-electron chi connectivity index (χ2n) is 5.82. The molecule has 0 aliphatic carbocycles. The van der Waals surface area contributed by atoms with Crippen LogP contribution in [-0.2, 0) is 22.9 Å². The molecule has 0 heterocycles. The van der Waals surface area contributed by atoms with Crippen LogP contribution in [0.3, 0.4) is 0 Å². The van der Waals surface area contributed by atoms with E-state index in [1.165, 1.54) is 0 Å². The maximum absolute atomic E-state index is 12.3. The van der Waals surface area contributed by atoms with Crippen LogP contribution in [0, 0.1) is 0 Å². The molecular weight excluding hydrogens is 336 g/mol. The molecule has 1 amide bonds. The summed E-state index contributed by atoms with van der Waals surface area (Å²) in [6, 6.07) is 14.1. The normalized spacial score (nSPS) is 11.3. The summed E-state index contributed by atoms with van der Waals surface area (Å²) in [4.78, 5) is 11.9. The molecule has 134 valence electrons. The quantitative estimate of drug-likeness (QED) is 0.759. The molecule has 0 atom stereocenters. The third-order valence-corrected chi connectivity index (χ3v) is 5.37. The first-order valence-corrected chi connectivity index (χ1v) is 9.84. The van der Waals surface area contributed by atoms with Crippen LogP contribution < -0.4 is 10.0 Å². The Kier molecular flexibility index (Phi) is 6.73. The standard InChI is InChI=1S/C19H24N2O3S/c1-3-5-15-8-10-18(11-9-15)25(23,24)21-13-12-16-6-4-7-17(14-16)19(22)20-2/h4,6-11,14,21H,3,5,12-13H2,1-2H3,(H,20,22). The summed E-state index contributed by atoms with van der Waals surface area (Å²) in [5, 5.41) is 2.57. The number of benzene rings is 2. The van der Waals surface area contributed by atoms with Crippen molar-refractivity contribution >= 4 is 15.9 Å². The van der Waals surface area contributed by atoms with E-state index in [0.717, 1.165) is 24.0 Å². The van der Waals surface area contributed by atoms with Gasteiger partial charge in [-0.2, -0.15) is 0 Å². The molecule has 0 radical (unpaired) electrons. The van der Waals surface area contributed by atoms with E-state index in [-0.39, 0.29) is 17.3 Å². The highest BCUT2D eigenvalue weighted by molar-refractivity contribution is 7.89. The predicted molar refractivity (Wildman–Crippen MR) is 99.2 cm³/mol. The van der Waals surface area contributed by atoms with Gasteiger partial charge >= 0.3 is 0 Å². The molecule has 6 heteroatoms. The lowest BCUT2D eigenvalue weighted by molar-refractivity contribution is 0.0963. The summed E-state index contributed by atoms with van der Waals surface area (Å²) >= 11 is 0. The molecule has 0 aromatic heterocycles. The minimum absolute atomic E-state index is 0.158. The number of aryl methyl sites for hydroxylation is 1. The van der Waals surface area contributed by atoms with Crippen molar-refractivity contribution in [3.63, 3.8) is 0 Å². The van der Waals surface area contributed by atoms with Gasteiger partial charge < -0.3 is 5.32 Å². The molecule has 2 aromatic rings. The molecule has 0 saturated heterocycles. The van der Waals surface area contributed by atoms with Crippen LogP contribution in [0.5, 0.6) is 0 Å². The summed E-state index contributed by atoms with van der Waals surface area (Å²) in [5.74, 6) is -0.158. The second kappa shape index (κ2) is 8.78. The number of hydrogen-bond donors (Lipinski definition) is 2. The average molecular weight is 360 g/mol. The molecule has 2 N–H and O–H groups in total. The molecular formula is C19H24N2O3S. The van der Waals surface area contributed by atoms with E-state index in [2.05, 4.69) is 17.0 Å². The minimum atomic E-state index is -3.52. The van der Waals surface area contributed by atoms with Crippen LogP contribution in [0.4, 0.5) is 0 Å². The van der Waals surface area contributed by atoms with Crippen molar-refractivity contribution in [1.29, 1.82) is 0 Å². The Morgan fingerprint density at radius 1 is 1.00 bits per heavy atom. The summed E-state index contributed by atoms with van der Waals surface area (Å²) in [6.45, 7) is 2.36. The molecule has 0 aliphatic heterocycles. The Morgan fingerprint density at radius 2 is 1.72 bits per heavy atom. The summed E-state index contributed by atoms with van der Waals surface area (Å²) < 4.78 is 27.3. The van der Waals surface area contributed by atoms with Gasteiger partial charge in [0.2, 0.25) is 10.0 Å². The maximum atomic E-state index is 12.3. The minimum Gasteiger partial charge on any atom is -0.355 e. The molecule has 25 heavy (non-hydrogen) atoms. The van der Waals surface area contributed by atoms with E-state index in [1.807, 2.05) is 18.2 Å². The van der Waals surface area contributed by atoms with Crippen molar-refractivity contribution < 1.29 is 13.2 Å². The molecule has 0 unspecified atom stereocenters. The zero-order valence-corrected chi connectivity index (χ0v) is 15.4. The van der Waals surface area contributed by atoms with Gasteiger partial charge in [-0.05, 0) is 48.2 Å². The largest absolute Gasteiger partial charge is 0.355 e. The fraction of sp³-hybridized carbons (Fsp3) is 0.316. The van der Waals surface area contributed by atoms with Crippen molar-refractivity contribution in [2.75, 3.05) is 13.6 Å². The van der Waals surface area contributed by atoms with Crippen LogP contribution in [0.2, 0.25) is 0 Å². The fourth-order valence-electron chi connectivity index (χ4n) is 2.55. The molecule has 2 aromatic carbocycles. The van der Waals surface area contributed by atoms with Crippen LogP contribution in [0.15, 0.2) is 53.4 Å². The van der Waals surface area contributed by atoms with Crippen LogP contribution in [0.25, 0.3) is 0 Å². The van der Waals surface area contributed by atoms with E-state index in [1.54, 1.807) is 37.4 Å². The van der Waals surface area contributed by atoms with Gasteiger partial charge in [0, 0.05) is 19.2 Å². The Hall–Kier alpha value is -2.18. The van der Waals surface area contributed by atoms with Gasteiger partial charge in [-0.1, -0.05) is 37.6 Å². The van der Waals surface area contributed by atoms with Crippen molar-refractivity contribution in [2.24, 2.45) is 0 Å². The zero-order valence-electron chi connectivity index (χ0n) is 14.6. The van der Waals surface area contributed by atoms with E-state index >= 15 is 0 Å². The molecule has 5 nitrogen and oxygen atoms in total. The van der Waals surface area contributed by atoms with E-state index in [4.69, 9.17) is 0 Å². The lowest BCUT2D eigenvalue weighted by Crippen LogP contribution is -2.26. The predicted octanol–water partition coefficient (Wildman–Crippen LogP) is 2.52. The first-order chi connectivity index (χ1) is 12.0. The van der Waals surface area contributed by atoms with Gasteiger partial charge in [-0.3, -0.25) is 4.79 Å². The van der Waals surface area contributed by atoms with Gasteiger partial charge in [-0.15, -0.1) is 0 Å². The Labute approximate surface area is 149 Å². The first-order valence-electron chi connectivity index (χ1n) is 8.36. The molecule has 2 rings (SSSR count). The summed E-state index contributed by atoms with van der Waals surface area (Å²) in [7, 11) is -1.94. The fourth-order valence-corrected chi connectivity index (χ4v) is 3.58. The first kappa shape index (κ1) is 19.1. The highest BCUT2D eigenvalue weighted by Gasteiger charge is 2.13. The third kappa shape index (κ3) is 5.41. The van der Waals surface area contributed by atoms with Crippen molar-refractivity contribution in [3.8, 4) is 0 Å². The van der Waals surface area contributed by atoms with Crippen molar-refractivity contribution in [2.45, 2.75) is 31.1 Å². The highest BCUT2D eigenvalue weighted by Crippen LogP contribution is 2.12. The summed E-state index contributed by atoms with van der Waals surface area (Å²) in [5.41, 5.74) is 2.60. The van der Waals surface area contributed by atoms with Crippen LogP contribution >= 0.6 is 0 Å². The Morgan fingerprint density at radius 3 is 2.36 bits per heavy atom. The zero-order chi connectivity index (χ0) is 18.3. The van der Waals surface area contributed by atoms with E-state index in [9.17, 15) is 13.2 Å². The molecule has 0 saturated carbocycles. The molecule has 0 fully saturated rings. The topological polar surface area (TPSA) is 75.3 Å². The van der Waals surface area contributed by atoms with Gasteiger partial charge in [0.05, 0.1) is 4.90 Å². The van der Waals surface area contributed by atoms with Gasteiger partial charge in [-0.25, -0.2) is 13.1 Å². The average Bonchev–Trinajstić information content (AvgIpc) is 2.62. The van der Waals surface area contributed by atoms with Gasteiger partial charge in [0.25, 0.3) is 5.91 Å².